The van der Waals surface area contributed by atoms with Crippen LogP contribution < -0.4 is 11.1 Å². The van der Waals surface area contributed by atoms with Crippen molar-refractivity contribution in [2.75, 3.05) is 5.32 Å². The number of benzene rings is 3. The van der Waals surface area contributed by atoms with Crippen molar-refractivity contribution in [2.45, 2.75) is 5.92 Å². The van der Waals surface area contributed by atoms with Gasteiger partial charge in [0, 0.05) is 11.3 Å². The van der Waals surface area contributed by atoms with E-state index in [1.54, 1.807) is 24.3 Å². The molecule has 3 rings (SSSR count). The molecule has 0 spiro atoms. The molecular weight excluding hydrogens is 312 g/mol. The lowest BCUT2D eigenvalue weighted by Gasteiger charge is -2.18. The summed E-state index contributed by atoms with van der Waals surface area (Å²) in [7, 11) is 0. The minimum atomic E-state index is -0.529. The SMILES string of the molecule is NC(=O)c1cccc(NC(=O)C(c2ccccc2)c2ccccc2)c1. The molecule has 0 bridgehead atoms. The summed E-state index contributed by atoms with van der Waals surface area (Å²) in [6, 6.07) is 25.8. The summed E-state index contributed by atoms with van der Waals surface area (Å²) >= 11 is 0. The maximum Gasteiger partial charge on any atom is 0.248 e. The molecule has 2 amide bonds. The number of carbonyl (C=O) groups is 2. The van der Waals surface area contributed by atoms with Gasteiger partial charge in [-0.25, -0.2) is 0 Å². The number of amides is 2. The number of nitrogens with one attached hydrogen (secondary N) is 1. The van der Waals surface area contributed by atoms with E-state index in [0.29, 0.717) is 11.3 Å². The van der Waals surface area contributed by atoms with Crippen molar-refractivity contribution in [3.63, 3.8) is 0 Å². The van der Waals surface area contributed by atoms with Crippen LogP contribution in [0.4, 0.5) is 5.69 Å². The molecular formula is C21H18N2O2. The van der Waals surface area contributed by atoms with E-state index in [9.17, 15) is 9.59 Å². The second kappa shape index (κ2) is 7.45. The first-order valence-corrected chi connectivity index (χ1v) is 7.96. The molecule has 0 aromatic heterocycles. The molecule has 124 valence electrons. The molecule has 0 radical (unpaired) electrons. The Morgan fingerprint density at radius 2 is 1.32 bits per heavy atom. The zero-order valence-corrected chi connectivity index (χ0v) is 13.6. The average Bonchev–Trinajstić information content (AvgIpc) is 2.64. The molecule has 0 fully saturated rings. The molecule has 3 aromatic rings. The lowest BCUT2D eigenvalue weighted by Crippen LogP contribution is -2.22. The Morgan fingerprint density at radius 3 is 1.84 bits per heavy atom. The van der Waals surface area contributed by atoms with Gasteiger partial charge in [-0.15, -0.1) is 0 Å². The van der Waals surface area contributed by atoms with Crippen molar-refractivity contribution in [3.05, 3.63) is 102 Å². The van der Waals surface area contributed by atoms with Crippen molar-refractivity contribution >= 4 is 17.5 Å². The van der Waals surface area contributed by atoms with E-state index in [1.807, 2.05) is 60.7 Å². The van der Waals surface area contributed by atoms with E-state index < -0.39 is 11.8 Å². The minimum Gasteiger partial charge on any atom is -0.366 e. The van der Waals surface area contributed by atoms with Crippen LogP contribution in [0, 0.1) is 0 Å². The smallest absolute Gasteiger partial charge is 0.248 e. The van der Waals surface area contributed by atoms with Crippen molar-refractivity contribution in [2.24, 2.45) is 5.73 Å². The summed E-state index contributed by atoms with van der Waals surface area (Å²) in [5, 5.41) is 2.89. The highest BCUT2D eigenvalue weighted by Crippen LogP contribution is 2.26. The van der Waals surface area contributed by atoms with Crippen LogP contribution in [-0.4, -0.2) is 11.8 Å². The van der Waals surface area contributed by atoms with E-state index in [-0.39, 0.29) is 5.91 Å². The number of rotatable bonds is 5. The molecule has 0 atom stereocenters. The van der Waals surface area contributed by atoms with Crippen molar-refractivity contribution in [3.8, 4) is 0 Å². The van der Waals surface area contributed by atoms with Crippen LogP contribution in [0.15, 0.2) is 84.9 Å². The predicted molar refractivity (Wildman–Crippen MR) is 98.3 cm³/mol. The third-order valence-corrected chi connectivity index (χ3v) is 3.94. The van der Waals surface area contributed by atoms with E-state index in [1.165, 1.54) is 0 Å². The van der Waals surface area contributed by atoms with Gasteiger partial charge in [0.25, 0.3) is 0 Å². The molecule has 0 unspecified atom stereocenters. The van der Waals surface area contributed by atoms with E-state index in [4.69, 9.17) is 5.73 Å². The number of hydrogen-bond donors (Lipinski definition) is 2. The van der Waals surface area contributed by atoms with Gasteiger partial charge in [-0.2, -0.15) is 0 Å². The van der Waals surface area contributed by atoms with Crippen molar-refractivity contribution in [1.29, 1.82) is 0 Å². The van der Waals surface area contributed by atoms with Gasteiger partial charge < -0.3 is 11.1 Å². The van der Waals surface area contributed by atoms with Gasteiger partial charge in [0.1, 0.15) is 0 Å². The first kappa shape index (κ1) is 16.5. The topological polar surface area (TPSA) is 72.2 Å². The van der Waals surface area contributed by atoms with Gasteiger partial charge in [0.2, 0.25) is 11.8 Å². The van der Waals surface area contributed by atoms with Gasteiger partial charge in [-0.3, -0.25) is 9.59 Å². The Labute approximate surface area is 146 Å². The van der Waals surface area contributed by atoms with Crippen molar-refractivity contribution < 1.29 is 9.59 Å². The van der Waals surface area contributed by atoms with Crippen LogP contribution in [0.3, 0.4) is 0 Å². The predicted octanol–water partition coefficient (Wildman–Crippen LogP) is 3.56. The number of nitrogens with two attached hydrogens (primary N) is 1. The average molecular weight is 330 g/mol. The minimum absolute atomic E-state index is 0.168. The first-order chi connectivity index (χ1) is 12.1. The zero-order valence-electron chi connectivity index (χ0n) is 13.6. The number of hydrogen-bond acceptors (Lipinski definition) is 2. The lowest BCUT2D eigenvalue weighted by atomic mass is 9.90. The fourth-order valence-corrected chi connectivity index (χ4v) is 2.75. The second-order valence-corrected chi connectivity index (χ2v) is 5.69. The summed E-state index contributed by atoms with van der Waals surface area (Å²) in [5.41, 5.74) is 8.00. The maximum absolute atomic E-state index is 13.0. The molecule has 0 saturated heterocycles. The Hall–Kier alpha value is -3.40. The first-order valence-electron chi connectivity index (χ1n) is 7.96. The number of carbonyl (C=O) groups excluding carboxylic acids is 2. The van der Waals surface area contributed by atoms with Gasteiger partial charge in [0.15, 0.2) is 0 Å². The third kappa shape index (κ3) is 3.93. The summed E-state index contributed by atoms with van der Waals surface area (Å²) in [5.74, 6) is -1.14. The summed E-state index contributed by atoms with van der Waals surface area (Å²) in [4.78, 5) is 24.3. The highest BCUT2D eigenvalue weighted by molar-refractivity contribution is 6.00. The summed E-state index contributed by atoms with van der Waals surface area (Å²) in [6.07, 6.45) is 0. The molecule has 0 saturated carbocycles. The molecule has 0 aliphatic heterocycles. The van der Waals surface area contributed by atoms with Gasteiger partial charge in [-0.05, 0) is 29.3 Å². The molecule has 0 aliphatic rings. The molecule has 4 heteroatoms. The fourth-order valence-electron chi connectivity index (χ4n) is 2.75. The quantitative estimate of drug-likeness (QED) is 0.751. The number of anilines is 1. The van der Waals surface area contributed by atoms with Gasteiger partial charge in [-0.1, -0.05) is 66.7 Å². The monoisotopic (exact) mass is 330 g/mol. The normalized spacial score (nSPS) is 10.4. The Balaban J connectivity index is 1.93. The van der Waals surface area contributed by atoms with E-state index in [2.05, 4.69) is 5.32 Å². The molecule has 0 heterocycles. The van der Waals surface area contributed by atoms with Gasteiger partial charge in [0.05, 0.1) is 5.92 Å². The zero-order chi connectivity index (χ0) is 17.6. The molecule has 3 aromatic carbocycles. The lowest BCUT2D eigenvalue weighted by molar-refractivity contribution is -0.116. The molecule has 0 aliphatic carbocycles. The van der Waals surface area contributed by atoms with Crippen LogP contribution in [0.2, 0.25) is 0 Å². The Bertz CT molecular complexity index is 837. The Kier molecular flexibility index (Phi) is 4.90. The van der Waals surface area contributed by atoms with Crippen molar-refractivity contribution in [1.82, 2.24) is 0 Å². The second-order valence-electron chi connectivity index (χ2n) is 5.69. The fraction of sp³-hybridized carbons (Fsp3) is 0.0476. The van der Waals surface area contributed by atoms with Crippen LogP contribution in [0.1, 0.15) is 27.4 Å². The highest BCUT2D eigenvalue weighted by Gasteiger charge is 2.22. The van der Waals surface area contributed by atoms with E-state index >= 15 is 0 Å². The van der Waals surface area contributed by atoms with E-state index in [0.717, 1.165) is 11.1 Å². The van der Waals surface area contributed by atoms with Gasteiger partial charge >= 0.3 is 0 Å². The third-order valence-electron chi connectivity index (χ3n) is 3.94. The molecule has 25 heavy (non-hydrogen) atoms. The van der Waals surface area contributed by atoms with Crippen LogP contribution >= 0.6 is 0 Å². The van der Waals surface area contributed by atoms with Crippen LogP contribution in [0.25, 0.3) is 0 Å². The summed E-state index contributed by atoms with van der Waals surface area (Å²) in [6.45, 7) is 0. The molecule has 3 N–H and O–H groups in total. The number of primary amides is 1. The maximum atomic E-state index is 13.0. The largest absolute Gasteiger partial charge is 0.366 e. The highest BCUT2D eigenvalue weighted by atomic mass is 16.2. The summed E-state index contributed by atoms with van der Waals surface area (Å²) < 4.78 is 0. The van der Waals surface area contributed by atoms with Crippen LogP contribution in [0.5, 0.6) is 0 Å². The standard InChI is InChI=1S/C21H18N2O2/c22-20(24)17-12-7-13-18(14-17)23-21(25)19(15-8-3-1-4-9-15)16-10-5-2-6-11-16/h1-14,19H,(H2,22,24)(H,23,25). The van der Waals surface area contributed by atoms with Crippen LogP contribution in [-0.2, 0) is 4.79 Å². The molecule has 4 nitrogen and oxygen atoms in total. The Morgan fingerprint density at radius 1 is 0.760 bits per heavy atom.